The molecule has 5 aliphatic rings. The van der Waals surface area contributed by atoms with Crippen molar-refractivity contribution in [2.45, 2.75) is 119 Å². The molecule has 5 rings (SSSR count). The summed E-state index contributed by atoms with van der Waals surface area (Å²) in [7, 11) is 0. The summed E-state index contributed by atoms with van der Waals surface area (Å²) >= 11 is 0. The highest BCUT2D eigenvalue weighted by atomic mass is 16.1. The summed E-state index contributed by atoms with van der Waals surface area (Å²) in [6, 6.07) is 0. The Morgan fingerprint density at radius 3 is 1.87 bits per heavy atom. The van der Waals surface area contributed by atoms with E-state index >= 15 is 0 Å². The Balaban J connectivity index is 1.53. The van der Waals surface area contributed by atoms with Gasteiger partial charge in [-0.2, -0.15) is 0 Å². The third kappa shape index (κ3) is 2.45. The molecule has 170 valence electrons. The van der Waals surface area contributed by atoms with Crippen LogP contribution in [-0.2, 0) is 4.79 Å². The van der Waals surface area contributed by atoms with Crippen LogP contribution >= 0.6 is 0 Å². The fourth-order valence-electron chi connectivity index (χ4n) is 11.8. The summed E-state index contributed by atoms with van der Waals surface area (Å²) in [5.74, 6) is 4.13. The molecule has 0 heterocycles. The number of ketones is 1. The van der Waals surface area contributed by atoms with E-state index in [9.17, 15) is 4.79 Å². The van der Waals surface area contributed by atoms with Crippen LogP contribution in [0.5, 0.6) is 0 Å². The molecular formula is C29H48O. The maximum absolute atomic E-state index is 12.4. The van der Waals surface area contributed by atoms with E-state index in [2.05, 4.69) is 41.5 Å². The van der Waals surface area contributed by atoms with E-state index in [0.717, 1.165) is 24.2 Å². The molecule has 0 amide bonds. The molecule has 0 aliphatic heterocycles. The number of hydrogen-bond donors (Lipinski definition) is 0. The second-order valence-corrected chi connectivity index (χ2v) is 14.4. The highest BCUT2D eigenvalue weighted by Gasteiger charge is 2.70. The van der Waals surface area contributed by atoms with E-state index in [1.165, 1.54) is 64.2 Å². The van der Waals surface area contributed by atoms with Crippen LogP contribution in [0.25, 0.3) is 0 Å². The zero-order valence-corrected chi connectivity index (χ0v) is 21.1. The molecule has 5 aliphatic carbocycles. The van der Waals surface area contributed by atoms with Gasteiger partial charge in [-0.05, 0) is 122 Å². The summed E-state index contributed by atoms with van der Waals surface area (Å²) in [6.07, 6.45) is 15.3. The molecule has 0 aromatic rings. The summed E-state index contributed by atoms with van der Waals surface area (Å²) in [6.45, 7) is 17.8. The molecule has 30 heavy (non-hydrogen) atoms. The van der Waals surface area contributed by atoms with E-state index in [4.69, 9.17) is 0 Å². The highest BCUT2D eigenvalue weighted by Crippen LogP contribution is 2.77. The minimum Gasteiger partial charge on any atom is -0.300 e. The van der Waals surface area contributed by atoms with Crippen molar-refractivity contribution in [2.24, 2.45) is 56.7 Å². The third-order valence-corrected chi connectivity index (χ3v) is 13.2. The first-order valence-electron chi connectivity index (χ1n) is 13.4. The standard InChI is InChI=1S/C29H48O/c1-19(30)20-11-16-26(4)21(20)12-17-28(6)23(26)9-10-24-27(5)15-8-14-25(2,3)22(27)13-18-29(24,28)7/h20-24H,8-18H2,1-7H3/t20-,21+,22?,23?,24?,26?,27+,28?,29-/m1/s1. The van der Waals surface area contributed by atoms with Crippen molar-refractivity contribution in [3.63, 3.8) is 0 Å². The minimum atomic E-state index is 0.359. The lowest BCUT2D eigenvalue weighted by Gasteiger charge is -2.73. The Bertz CT molecular complexity index is 737. The van der Waals surface area contributed by atoms with Crippen molar-refractivity contribution >= 4 is 5.78 Å². The first kappa shape index (κ1) is 21.5. The van der Waals surface area contributed by atoms with Gasteiger partial charge in [-0.1, -0.05) is 48.0 Å². The van der Waals surface area contributed by atoms with Gasteiger partial charge in [0.25, 0.3) is 0 Å². The SMILES string of the molecule is CC(=O)[C@H]1CCC2(C)C3CCC4[C@@]5(C)CCCC(C)(C)C5CC[C@@]4(C)C3(C)CC[C@@H]12. The lowest BCUT2D eigenvalue weighted by atomic mass is 9.32. The van der Waals surface area contributed by atoms with Gasteiger partial charge in [0, 0.05) is 5.92 Å². The average molecular weight is 413 g/mol. The van der Waals surface area contributed by atoms with Gasteiger partial charge in [-0.3, -0.25) is 4.79 Å². The van der Waals surface area contributed by atoms with Crippen molar-refractivity contribution in [3.05, 3.63) is 0 Å². The molecular weight excluding hydrogens is 364 g/mol. The Hall–Kier alpha value is -0.330. The molecule has 5 saturated carbocycles. The zero-order chi connectivity index (χ0) is 21.7. The topological polar surface area (TPSA) is 17.1 Å². The number of rotatable bonds is 1. The first-order chi connectivity index (χ1) is 13.9. The molecule has 0 saturated heterocycles. The molecule has 0 spiro atoms. The molecule has 9 atom stereocenters. The summed E-state index contributed by atoms with van der Waals surface area (Å²) in [5.41, 5.74) is 2.41. The van der Waals surface area contributed by atoms with Crippen molar-refractivity contribution in [1.29, 1.82) is 0 Å². The van der Waals surface area contributed by atoms with Crippen molar-refractivity contribution in [2.75, 3.05) is 0 Å². The largest absolute Gasteiger partial charge is 0.300 e. The maximum Gasteiger partial charge on any atom is 0.133 e. The van der Waals surface area contributed by atoms with Crippen LogP contribution in [0.15, 0.2) is 0 Å². The molecule has 0 aromatic heterocycles. The fourth-order valence-corrected chi connectivity index (χ4v) is 11.8. The average Bonchev–Trinajstić information content (AvgIpc) is 2.99. The van der Waals surface area contributed by atoms with E-state index in [0.29, 0.717) is 44.7 Å². The predicted octanol–water partition coefficient (Wildman–Crippen LogP) is 8.07. The normalized spacial score (nSPS) is 57.0. The van der Waals surface area contributed by atoms with Crippen molar-refractivity contribution in [3.8, 4) is 0 Å². The van der Waals surface area contributed by atoms with Crippen LogP contribution in [0, 0.1) is 56.7 Å². The molecule has 5 unspecified atom stereocenters. The maximum atomic E-state index is 12.4. The zero-order valence-electron chi connectivity index (χ0n) is 21.1. The number of Topliss-reactive ketones (excluding diaryl/α,β-unsaturated/α-hetero) is 1. The van der Waals surface area contributed by atoms with Gasteiger partial charge in [0.2, 0.25) is 0 Å². The number of carbonyl (C=O) groups is 1. The molecule has 0 radical (unpaired) electrons. The number of hydrogen-bond acceptors (Lipinski definition) is 1. The number of fused-ring (bicyclic) bond motifs is 7. The van der Waals surface area contributed by atoms with Gasteiger partial charge in [0.1, 0.15) is 5.78 Å². The Kier molecular flexibility index (Phi) is 4.57. The minimum absolute atomic E-state index is 0.359. The lowest BCUT2D eigenvalue weighted by molar-refractivity contribution is -0.240. The van der Waals surface area contributed by atoms with E-state index in [-0.39, 0.29) is 0 Å². The third-order valence-electron chi connectivity index (χ3n) is 13.2. The Labute approximate surface area is 186 Å². The van der Waals surface area contributed by atoms with Gasteiger partial charge in [0.15, 0.2) is 0 Å². The predicted molar refractivity (Wildman–Crippen MR) is 125 cm³/mol. The van der Waals surface area contributed by atoms with Crippen LogP contribution in [0.2, 0.25) is 0 Å². The molecule has 0 aromatic carbocycles. The molecule has 5 fully saturated rings. The van der Waals surface area contributed by atoms with Crippen molar-refractivity contribution < 1.29 is 4.79 Å². The van der Waals surface area contributed by atoms with Crippen LogP contribution in [0.3, 0.4) is 0 Å². The van der Waals surface area contributed by atoms with Gasteiger partial charge in [0.05, 0.1) is 0 Å². The smallest absolute Gasteiger partial charge is 0.133 e. The van der Waals surface area contributed by atoms with Crippen LogP contribution in [0.4, 0.5) is 0 Å². The van der Waals surface area contributed by atoms with Crippen molar-refractivity contribution in [1.82, 2.24) is 0 Å². The first-order valence-corrected chi connectivity index (χ1v) is 13.4. The van der Waals surface area contributed by atoms with Crippen LogP contribution < -0.4 is 0 Å². The second kappa shape index (κ2) is 6.38. The molecule has 1 heteroatoms. The molecule has 0 bridgehead atoms. The monoisotopic (exact) mass is 412 g/mol. The number of carbonyl (C=O) groups excluding carboxylic acids is 1. The quantitative estimate of drug-likeness (QED) is 0.425. The molecule has 1 nitrogen and oxygen atoms in total. The summed E-state index contributed by atoms with van der Waals surface area (Å²) in [5, 5.41) is 0. The van der Waals surface area contributed by atoms with Gasteiger partial charge >= 0.3 is 0 Å². The van der Waals surface area contributed by atoms with E-state index in [1.807, 2.05) is 6.92 Å². The summed E-state index contributed by atoms with van der Waals surface area (Å²) < 4.78 is 0. The summed E-state index contributed by atoms with van der Waals surface area (Å²) in [4.78, 5) is 12.4. The van der Waals surface area contributed by atoms with E-state index in [1.54, 1.807) is 0 Å². The van der Waals surface area contributed by atoms with Gasteiger partial charge in [-0.15, -0.1) is 0 Å². The second-order valence-electron chi connectivity index (χ2n) is 14.4. The lowest BCUT2D eigenvalue weighted by Crippen LogP contribution is -2.65. The highest BCUT2D eigenvalue weighted by molar-refractivity contribution is 5.79. The van der Waals surface area contributed by atoms with Crippen LogP contribution in [-0.4, -0.2) is 5.78 Å². The van der Waals surface area contributed by atoms with E-state index < -0.39 is 0 Å². The fraction of sp³-hybridized carbons (Fsp3) is 0.966. The van der Waals surface area contributed by atoms with Gasteiger partial charge in [-0.25, -0.2) is 0 Å². The Morgan fingerprint density at radius 1 is 0.633 bits per heavy atom. The van der Waals surface area contributed by atoms with Gasteiger partial charge < -0.3 is 0 Å². The van der Waals surface area contributed by atoms with Crippen LogP contribution in [0.1, 0.15) is 119 Å². The molecule has 0 N–H and O–H groups in total. The Morgan fingerprint density at radius 2 is 1.23 bits per heavy atom.